The van der Waals surface area contributed by atoms with E-state index >= 15 is 0 Å². The molecule has 2 fully saturated rings. The molecule has 0 atom stereocenters. The first-order valence-corrected chi connectivity index (χ1v) is 8.66. The topological polar surface area (TPSA) is 81.8 Å². The lowest BCUT2D eigenvalue weighted by atomic mass is 9.95. The maximum Gasteiger partial charge on any atom is 0.322 e. The predicted octanol–water partition coefficient (Wildman–Crippen LogP) is 0.950. The lowest BCUT2D eigenvalue weighted by molar-refractivity contribution is -0.142. The van der Waals surface area contributed by atoms with Gasteiger partial charge in [0.2, 0.25) is 11.8 Å². The van der Waals surface area contributed by atoms with Gasteiger partial charge in [0.25, 0.3) is 0 Å². The van der Waals surface area contributed by atoms with Crippen molar-refractivity contribution >= 4 is 34.2 Å². The highest BCUT2D eigenvalue weighted by atomic mass is 32.1. The van der Waals surface area contributed by atoms with E-state index < -0.39 is 0 Å². The number of carbonyl (C=O) groups excluding carboxylic acids is 3. The van der Waals surface area contributed by atoms with Crippen molar-refractivity contribution in [3.8, 4) is 0 Å². The first-order chi connectivity index (χ1) is 11.1. The Hall–Kier alpha value is -2.09. The van der Waals surface area contributed by atoms with Crippen molar-refractivity contribution in [1.29, 1.82) is 0 Å². The van der Waals surface area contributed by atoms with Gasteiger partial charge in [-0.15, -0.1) is 11.3 Å². The van der Waals surface area contributed by atoms with Gasteiger partial charge < -0.3 is 15.1 Å². The molecule has 7 nitrogen and oxygen atoms in total. The molecule has 0 bridgehead atoms. The molecule has 124 valence electrons. The smallest absolute Gasteiger partial charge is 0.322 e. The number of carbonyl (C=O) groups is 3. The van der Waals surface area contributed by atoms with Gasteiger partial charge in [-0.05, 0) is 30.4 Å². The van der Waals surface area contributed by atoms with Gasteiger partial charge in [-0.2, -0.15) is 0 Å². The van der Waals surface area contributed by atoms with Gasteiger partial charge in [0.1, 0.15) is 0 Å². The van der Waals surface area contributed by atoms with Gasteiger partial charge in [0.05, 0.1) is 11.5 Å². The average molecular weight is 336 g/mol. The standard InChI is InChI=1S/C15H20N4O3S/c20-12-10-19(8-5-16-12)14(21)11-3-6-18(7-4-11)15(22)17-13-2-1-9-23-13/h1-2,9,11H,3-8,10H2,(H,16,20)(H,17,22). The zero-order chi connectivity index (χ0) is 16.2. The molecule has 0 spiro atoms. The summed E-state index contributed by atoms with van der Waals surface area (Å²) in [6.07, 6.45) is 1.30. The molecular weight excluding hydrogens is 316 g/mol. The number of urea groups is 1. The number of nitrogens with one attached hydrogen (secondary N) is 2. The lowest BCUT2D eigenvalue weighted by Gasteiger charge is -2.35. The minimum atomic E-state index is -0.115. The predicted molar refractivity (Wildman–Crippen MR) is 87.2 cm³/mol. The van der Waals surface area contributed by atoms with Crippen LogP contribution in [0, 0.1) is 5.92 Å². The Morgan fingerprint density at radius 1 is 1.22 bits per heavy atom. The summed E-state index contributed by atoms with van der Waals surface area (Å²) >= 11 is 1.48. The van der Waals surface area contributed by atoms with Crippen molar-refractivity contribution in [2.45, 2.75) is 12.8 Å². The molecule has 0 aliphatic carbocycles. The first-order valence-electron chi connectivity index (χ1n) is 7.78. The summed E-state index contributed by atoms with van der Waals surface area (Å²) < 4.78 is 0. The minimum Gasteiger partial charge on any atom is -0.353 e. The van der Waals surface area contributed by atoms with Crippen LogP contribution in [0.25, 0.3) is 0 Å². The molecule has 0 aromatic carbocycles. The molecule has 0 saturated carbocycles. The number of nitrogens with zero attached hydrogens (tertiary/aromatic N) is 2. The van der Waals surface area contributed by atoms with Crippen molar-refractivity contribution in [2.24, 2.45) is 5.92 Å². The van der Waals surface area contributed by atoms with Gasteiger partial charge in [-0.3, -0.25) is 14.9 Å². The Kier molecular flexibility index (Phi) is 4.80. The Morgan fingerprint density at radius 3 is 2.65 bits per heavy atom. The molecule has 1 aromatic rings. The quantitative estimate of drug-likeness (QED) is 0.844. The first kappa shape index (κ1) is 15.8. The van der Waals surface area contributed by atoms with Crippen molar-refractivity contribution in [1.82, 2.24) is 15.1 Å². The maximum atomic E-state index is 12.5. The fourth-order valence-electron chi connectivity index (χ4n) is 2.95. The molecule has 0 radical (unpaired) electrons. The molecule has 4 amide bonds. The van der Waals surface area contributed by atoms with E-state index in [1.807, 2.05) is 17.5 Å². The summed E-state index contributed by atoms with van der Waals surface area (Å²) in [4.78, 5) is 39.4. The van der Waals surface area contributed by atoms with E-state index in [0.717, 1.165) is 5.00 Å². The van der Waals surface area contributed by atoms with Gasteiger partial charge in [-0.1, -0.05) is 0 Å². The zero-order valence-electron chi connectivity index (χ0n) is 12.8. The largest absolute Gasteiger partial charge is 0.353 e. The summed E-state index contributed by atoms with van der Waals surface area (Å²) in [5.74, 6) is -0.151. The highest BCUT2D eigenvalue weighted by Gasteiger charge is 2.32. The monoisotopic (exact) mass is 336 g/mol. The molecule has 2 N–H and O–H groups in total. The van der Waals surface area contributed by atoms with Crippen LogP contribution in [-0.2, 0) is 9.59 Å². The average Bonchev–Trinajstić information content (AvgIpc) is 3.07. The van der Waals surface area contributed by atoms with Crippen LogP contribution in [0.4, 0.5) is 9.80 Å². The van der Waals surface area contributed by atoms with Crippen LogP contribution in [0.3, 0.4) is 0 Å². The highest BCUT2D eigenvalue weighted by molar-refractivity contribution is 7.14. The molecule has 2 aliphatic rings. The molecule has 1 aromatic heterocycles. The van der Waals surface area contributed by atoms with Gasteiger partial charge in [0, 0.05) is 32.1 Å². The van der Waals surface area contributed by atoms with E-state index in [1.54, 1.807) is 9.80 Å². The van der Waals surface area contributed by atoms with Crippen molar-refractivity contribution < 1.29 is 14.4 Å². The summed E-state index contributed by atoms with van der Waals surface area (Å²) in [6.45, 7) is 2.37. The molecule has 3 heterocycles. The number of hydrogen-bond donors (Lipinski definition) is 2. The number of piperazine rings is 1. The molecule has 23 heavy (non-hydrogen) atoms. The third-order valence-electron chi connectivity index (χ3n) is 4.23. The summed E-state index contributed by atoms with van der Waals surface area (Å²) in [5, 5.41) is 8.32. The normalized spacial score (nSPS) is 19.4. The van der Waals surface area contributed by atoms with Gasteiger partial charge in [0.15, 0.2) is 0 Å². The van der Waals surface area contributed by atoms with E-state index in [-0.39, 0.29) is 30.3 Å². The summed E-state index contributed by atoms with van der Waals surface area (Å²) in [6, 6.07) is 3.64. The molecule has 2 saturated heterocycles. The van der Waals surface area contributed by atoms with Crippen molar-refractivity contribution in [2.75, 3.05) is 38.0 Å². The second kappa shape index (κ2) is 6.99. The molecule has 2 aliphatic heterocycles. The third-order valence-corrected chi connectivity index (χ3v) is 5.02. The Morgan fingerprint density at radius 2 is 2.00 bits per heavy atom. The number of amides is 4. The van der Waals surface area contributed by atoms with E-state index in [2.05, 4.69) is 10.6 Å². The van der Waals surface area contributed by atoms with Crippen LogP contribution in [0.5, 0.6) is 0 Å². The summed E-state index contributed by atoms with van der Waals surface area (Å²) in [5.41, 5.74) is 0. The molecular formula is C15H20N4O3S. The van der Waals surface area contributed by atoms with Crippen LogP contribution >= 0.6 is 11.3 Å². The maximum absolute atomic E-state index is 12.5. The van der Waals surface area contributed by atoms with E-state index in [9.17, 15) is 14.4 Å². The second-order valence-electron chi connectivity index (χ2n) is 5.78. The number of anilines is 1. The van der Waals surface area contributed by atoms with Crippen molar-refractivity contribution in [3.05, 3.63) is 17.5 Å². The highest BCUT2D eigenvalue weighted by Crippen LogP contribution is 2.22. The van der Waals surface area contributed by atoms with E-state index in [4.69, 9.17) is 0 Å². The van der Waals surface area contributed by atoms with Crippen LogP contribution in [0.15, 0.2) is 17.5 Å². The molecule has 0 unspecified atom stereocenters. The van der Waals surface area contributed by atoms with Crippen LogP contribution < -0.4 is 10.6 Å². The fraction of sp³-hybridized carbons (Fsp3) is 0.533. The SMILES string of the molecule is O=C1CN(C(=O)C2CCN(C(=O)Nc3cccs3)CC2)CCN1. The second-order valence-corrected chi connectivity index (χ2v) is 6.73. The van der Waals surface area contributed by atoms with Crippen molar-refractivity contribution in [3.63, 3.8) is 0 Å². The molecule has 8 heteroatoms. The number of hydrogen-bond acceptors (Lipinski definition) is 4. The molecule has 3 rings (SSSR count). The number of rotatable bonds is 2. The Labute approximate surface area is 138 Å². The Bertz CT molecular complexity index is 582. The van der Waals surface area contributed by atoms with E-state index in [1.165, 1.54) is 11.3 Å². The number of thiophene rings is 1. The summed E-state index contributed by atoms with van der Waals surface area (Å²) in [7, 11) is 0. The van der Waals surface area contributed by atoms with Crippen LogP contribution in [0.2, 0.25) is 0 Å². The third kappa shape index (κ3) is 3.82. The zero-order valence-corrected chi connectivity index (χ0v) is 13.6. The van der Waals surface area contributed by atoms with Crippen LogP contribution in [-0.4, -0.2) is 60.4 Å². The van der Waals surface area contributed by atoms with E-state index in [0.29, 0.717) is 39.0 Å². The number of piperidine rings is 1. The van der Waals surface area contributed by atoms with Crippen LogP contribution in [0.1, 0.15) is 12.8 Å². The van der Waals surface area contributed by atoms with Gasteiger partial charge in [-0.25, -0.2) is 4.79 Å². The van der Waals surface area contributed by atoms with Gasteiger partial charge >= 0.3 is 6.03 Å². The lowest BCUT2D eigenvalue weighted by Crippen LogP contribution is -2.53. The minimum absolute atomic E-state index is 0.0400. The fourth-order valence-corrected chi connectivity index (χ4v) is 3.56. The Balaban J connectivity index is 1.48. The number of likely N-dealkylation sites (tertiary alicyclic amines) is 1.